The third kappa shape index (κ3) is 3.72. The van der Waals surface area contributed by atoms with Gasteiger partial charge >= 0.3 is 0 Å². The monoisotopic (exact) mass is 187 g/mol. The fraction of sp³-hybridized carbons (Fsp3) is 1.00. The third-order valence-electron chi connectivity index (χ3n) is 2.41. The highest BCUT2D eigenvalue weighted by molar-refractivity contribution is 6.08. The summed E-state index contributed by atoms with van der Waals surface area (Å²) < 4.78 is 0. The van der Waals surface area contributed by atoms with Crippen molar-refractivity contribution in [3.8, 4) is 0 Å². The SMILES string of the molecule is CC(C)N(C(C)C)C(C)CC[SiH3]. The van der Waals surface area contributed by atoms with Gasteiger partial charge in [-0.15, -0.1) is 0 Å². The molecule has 0 rings (SSSR count). The molecule has 0 spiro atoms. The molecule has 0 aromatic heterocycles. The van der Waals surface area contributed by atoms with Crippen molar-refractivity contribution in [1.82, 2.24) is 4.90 Å². The number of hydrogen-bond donors (Lipinski definition) is 0. The Bertz CT molecular complexity index is 104. The van der Waals surface area contributed by atoms with E-state index in [0.29, 0.717) is 12.1 Å². The van der Waals surface area contributed by atoms with Crippen LogP contribution in [0.25, 0.3) is 0 Å². The Morgan fingerprint density at radius 2 is 1.42 bits per heavy atom. The fourth-order valence-electron chi connectivity index (χ4n) is 2.18. The molecule has 0 N–H and O–H groups in total. The molecule has 0 saturated carbocycles. The quantitative estimate of drug-likeness (QED) is 0.592. The summed E-state index contributed by atoms with van der Waals surface area (Å²) in [4.78, 5) is 2.61. The molecular weight excluding hydrogens is 162 g/mol. The Balaban J connectivity index is 4.09. The maximum atomic E-state index is 2.61. The van der Waals surface area contributed by atoms with Crippen LogP contribution in [-0.2, 0) is 0 Å². The topological polar surface area (TPSA) is 3.24 Å². The third-order valence-corrected chi connectivity index (χ3v) is 2.99. The van der Waals surface area contributed by atoms with Crippen molar-refractivity contribution >= 4 is 10.2 Å². The van der Waals surface area contributed by atoms with Crippen LogP contribution in [0.4, 0.5) is 0 Å². The Kier molecular flexibility index (Phi) is 5.84. The first-order chi connectivity index (χ1) is 5.50. The van der Waals surface area contributed by atoms with Crippen LogP contribution in [0.3, 0.4) is 0 Å². The van der Waals surface area contributed by atoms with Crippen molar-refractivity contribution in [1.29, 1.82) is 0 Å². The van der Waals surface area contributed by atoms with Crippen LogP contribution in [0.1, 0.15) is 41.0 Å². The molecule has 0 aliphatic heterocycles. The lowest BCUT2D eigenvalue weighted by Crippen LogP contribution is -2.43. The van der Waals surface area contributed by atoms with Gasteiger partial charge in [-0.05, 0) is 41.0 Å². The molecule has 0 saturated heterocycles. The largest absolute Gasteiger partial charge is 0.296 e. The van der Waals surface area contributed by atoms with E-state index in [4.69, 9.17) is 0 Å². The normalized spacial score (nSPS) is 15.0. The zero-order valence-corrected chi connectivity index (χ0v) is 11.6. The second-order valence-electron chi connectivity index (χ2n) is 4.27. The zero-order valence-electron chi connectivity index (χ0n) is 9.59. The van der Waals surface area contributed by atoms with E-state index in [1.165, 1.54) is 22.7 Å². The first-order valence-corrected chi connectivity index (χ1v) is 6.69. The Labute approximate surface area is 81.0 Å². The van der Waals surface area contributed by atoms with E-state index >= 15 is 0 Å². The molecule has 0 aromatic rings. The summed E-state index contributed by atoms with van der Waals surface area (Å²) in [5, 5.41) is 0. The van der Waals surface area contributed by atoms with Gasteiger partial charge in [-0.2, -0.15) is 0 Å². The predicted octanol–water partition coefficient (Wildman–Crippen LogP) is 1.67. The summed E-state index contributed by atoms with van der Waals surface area (Å²) in [5.41, 5.74) is 0. The highest BCUT2D eigenvalue weighted by atomic mass is 28.1. The summed E-state index contributed by atoms with van der Waals surface area (Å²) in [7, 11) is 1.35. The van der Waals surface area contributed by atoms with Gasteiger partial charge < -0.3 is 0 Å². The van der Waals surface area contributed by atoms with Gasteiger partial charge in [-0.1, -0.05) is 6.04 Å². The van der Waals surface area contributed by atoms with Crippen LogP contribution in [0.15, 0.2) is 0 Å². The number of nitrogens with zero attached hydrogens (tertiary/aromatic N) is 1. The van der Waals surface area contributed by atoms with Gasteiger partial charge in [-0.25, -0.2) is 0 Å². The summed E-state index contributed by atoms with van der Waals surface area (Å²) in [6.07, 6.45) is 1.38. The highest BCUT2D eigenvalue weighted by Crippen LogP contribution is 2.13. The molecule has 0 aromatic carbocycles. The predicted molar refractivity (Wildman–Crippen MR) is 60.9 cm³/mol. The Hall–Kier alpha value is 0.177. The average Bonchev–Trinajstić information content (AvgIpc) is 1.85. The minimum atomic E-state index is 0.688. The van der Waals surface area contributed by atoms with Crippen molar-refractivity contribution in [2.75, 3.05) is 0 Å². The molecule has 0 fully saturated rings. The fourth-order valence-corrected chi connectivity index (χ4v) is 3.02. The molecule has 0 radical (unpaired) electrons. The molecule has 1 unspecified atom stereocenters. The lowest BCUT2D eigenvalue weighted by atomic mass is 10.1. The maximum absolute atomic E-state index is 2.61. The molecule has 74 valence electrons. The van der Waals surface area contributed by atoms with E-state index in [1.54, 1.807) is 0 Å². The molecule has 0 aliphatic carbocycles. The molecule has 0 aliphatic rings. The van der Waals surface area contributed by atoms with Crippen molar-refractivity contribution in [2.45, 2.75) is 65.2 Å². The van der Waals surface area contributed by atoms with Crippen LogP contribution in [-0.4, -0.2) is 33.3 Å². The first-order valence-electron chi connectivity index (χ1n) is 5.28. The van der Waals surface area contributed by atoms with E-state index in [9.17, 15) is 0 Å². The van der Waals surface area contributed by atoms with Gasteiger partial charge in [0, 0.05) is 28.4 Å². The molecule has 1 nitrogen and oxygen atoms in total. The smallest absolute Gasteiger partial charge is 0.00693 e. The second-order valence-corrected chi connectivity index (χ2v) is 5.27. The van der Waals surface area contributed by atoms with Crippen LogP contribution in [0.2, 0.25) is 6.04 Å². The number of rotatable bonds is 5. The average molecular weight is 187 g/mol. The van der Waals surface area contributed by atoms with Crippen LogP contribution >= 0.6 is 0 Å². The lowest BCUT2D eigenvalue weighted by molar-refractivity contribution is 0.120. The summed E-state index contributed by atoms with van der Waals surface area (Å²) >= 11 is 0. The lowest BCUT2D eigenvalue weighted by Gasteiger charge is -2.36. The molecule has 0 amide bonds. The maximum Gasteiger partial charge on any atom is 0.00693 e. The van der Waals surface area contributed by atoms with E-state index in [1.807, 2.05) is 0 Å². The van der Waals surface area contributed by atoms with E-state index in [-0.39, 0.29) is 0 Å². The Morgan fingerprint density at radius 3 is 1.67 bits per heavy atom. The van der Waals surface area contributed by atoms with Gasteiger partial charge in [0.05, 0.1) is 0 Å². The van der Waals surface area contributed by atoms with Gasteiger partial charge in [-0.3, -0.25) is 4.90 Å². The Morgan fingerprint density at radius 1 is 1.00 bits per heavy atom. The van der Waals surface area contributed by atoms with E-state index < -0.39 is 0 Å². The second kappa shape index (κ2) is 5.76. The van der Waals surface area contributed by atoms with Gasteiger partial charge in [0.2, 0.25) is 0 Å². The molecule has 2 heteroatoms. The van der Waals surface area contributed by atoms with E-state index in [0.717, 1.165) is 6.04 Å². The minimum absolute atomic E-state index is 0.688. The summed E-state index contributed by atoms with van der Waals surface area (Å²) in [6.45, 7) is 11.5. The number of hydrogen-bond acceptors (Lipinski definition) is 1. The molecule has 0 heterocycles. The van der Waals surface area contributed by atoms with Crippen molar-refractivity contribution < 1.29 is 0 Å². The molecular formula is C10H25NSi. The van der Waals surface area contributed by atoms with Gasteiger partial charge in [0.1, 0.15) is 0 Å². The summed E-state index contributed by atoms with van der Waals surface area (Å²) in [5.74, 6) is 0. The molecule has 0 bridgehead atoms. The first kappa shape index (κ1) is 12.2. The summed E-state index contributed by atoms with van der Waals surface area (Å²) in [6, 6.07) is 3.57. The minimum Gasteiger partial charge on any atom is -0.296 e. The standard InChI is InChI=1S/C10H25NSi/c1-8(2)11(9(3)4)10(5)6-7-12/h8-10H,6-7H2,1-5,12H3. The highest BCUT2D eigenvalue weighted by Gasteiger charge is 2.18. The van der Waals surface area contributed by atoms with Crippen LogP contribution in [0, 0.1) is 0 Å². The molecule has 12 heavy (non-hydrogen) atoms. The van der Waals surface area contributed by atoms with Crippen molar-refractivity contribution in [2.24, 2.45) is 0 Å². The molecule has 1 atom stereocenters. The van der Waals surface area contributed by atoms with E-state index in [2.05, 4.69) is 39.5 Å². The van der Waals surface area contributed by atoms with Gasteiger partial charge in [0.15, 0.2) is 0 Å². The van der Waals surface area contributed by atoms with Crippen molar-refractivity contribution in [3.05, 3.63) is 0 Å². The zero-order chi connectivity index (χ0) is 9.72. The van der Waals surface area contributed by atoms with Crippen LogP contribution < -0.4 is 0 Å². The van der Waals surface area contributed by atoms with Crippen LogP contribution in [0.5, 0.6) is 0 Å². The van der Waals surface area contributed by atoms with Crippen molar-refractivity contribution in [3.63, 3.8) is 0 Å². The van der Waals surface area contributed by atoms with Gasteiger partial charge in [0.25, 0.3) is 0 Å².